The maximum absolute atomic E-state index is 12.7. The molecule has 0 unspecified atom stereocenters. The number of amides is 2. The smallest absolute Gasteiger partial charge is 0.293 e. The summed E-state index contributed by atoms with van der Waals surface area (Å²) in [5.41, 5.74) is 0.993. The van der Waals surface area contributed by atoms with Crippen molar-refractivity contribution in [2.24, 2.45) is 0 Å². The van der Waals surface area contributed by atoms with Gasteiger partial charge in [-0.2, -0.15) is 0 Å². The fraction of sp³-hybridized carbons (Fsp3) is 0.333. The van der Waals surface area contributed by atoms with Crippen molar-refractivity contribution in [2.45, 2.75) is 6.42 Å². The summed E-state index contributed by atoms with van der Waals surface area (Å²) in [7, 11) is 4.99. The first-order valence-electron chi connectivity index (χ1n) is 7.82. The number of benzene rings is 1. The van der Waals surface area contributed by atoms with E-state index in [1.807, 2.05) is 0 Å². The van der Waals surface area contributed by atoms with E-state index < -0.39 is 0 Å². The normalized spacial score (nSPS) is 10.6. The molecule has 0 spiro atoms. The van der Waals surface area contributed by atoms with Crippen molar-refractivity contribution in [3.8, 4) is 0 Å². The number of carbonyl (C=O) groups excluding carboxylic acids is 2. The highest BCUT2D eigenvalue weighted by atomic mass is 79.9. The largest absolute Gasteiger partial charge is 0.444 e. The molecule has 2 rings (SSSR count). The number of ether oxygens (including phenoxy) is 1. The Balaban J connectivity index is 2.22. The second-order valence-corrected chi connectivity index (χ2v) is 6.34. The number of furan rings is 1. The zero-order valence-electron chi connectivity index (χ0n) is 14.5. The van der Waals surface area contributed by atoms with Crippen molar-refractivity contribution < 1.29 is 18.7 Å². The molecule has 25 heavy (non-hydrogen) atoms. The number of carbonyl (C=O) groups is 2. The van der Waals surface area contributed by atoms with Crippen LogP contribution in [-0.2, 0) is 4.74 Å². The van der Waals surface area contributed by atoms with Gasteiger partial charge in [-0.05, 0) is 46.6 Å². The van der Waals surface area contributed by atoms with Crippen molar-refractivity contribution in [3.63, 3.8) is 0 Å². The van der Waals surface area contributed by atoms with E-state index >= 15 is 0 Å². The summed E-state index contributed by atoms with van der Waals surface area (Å²) >= 11 is 3.18. The molecular weight excluding hydrogens is 388 g/mol. The predicted octanol–water partition coefficient (Wildman–Crippen LogP) is 3.43. The molecule has 0 aliphatic heterocycles. The van der Waals surface area contributed by atoms with Gasteiger partial charge in [0, 0.05) is 34.4 Å². The average molecular weight is 409 g/mol. The van der Waals surface area contributed by atoms with Crippen molar-refractivity contribution in [3.05, 3.63) is 52.4 Å². The van der Waals surface area contributed by atoms with Crippen LogP contribution >= 0.6 is 15.9 Å². The molecule has 2 aromatic rings. The summed E-state index contributed by atoms with van der Waals surface area (Å²) in [6, 6.07) is 10.3. The van der Waals surface area contributed by atoms with Crippen molar-refractivity contribution in [1.82, 2.24) is 4.90 Å². The molecule has 7 heteroatoms. The van der Waals surface area contributed by atoms with Gasteiger partial charge in [0.2, 0.25) is 0 Å². The molecule has 2 amide bonds. The number of anilines is 1. The number of hydrogen-bond acceptors (Lipinski definition) is 4. The first kappa shape index (κ1) is 19.2. The quantitative estimate of drug-likeness (QED) is 0.658. The minimum absolute atomic E-state index is 0.146. The van der Waals surface area contributed by atoms with Crippen LogP contribution in [0.15, 0.2) is 45.5 Å². The molecule has 0 atom stereocenters. The molecule has 0 N–H and O–H groups in total. The third kappa shape index (κ3) is 4.70. The first-order chi connectivity index (χ1) is 12.0. The van der Waals surface area contributed by atoms with Crippen LogP contribution < -0.4 is 4.90 Å². The summed E-state index contributed by atoms with van der Waals surface area (Å²) in [6.45, 7) is 1.16. The topological polar surface area (TPSA) is 63.0 Å². The van der Waals surface area contributed by atoms with Gasteiger partial charge in [-0.15, -0.1) is 0 Å². The minimum Gasteiger partial charge on any atom is -0.444 e. The number of nitrogens with zero attached hydrogens (tertiary/aromatic N) is 2. The standard InChI is InChI=1S/C18H21BrN2O4/c1-20(11-6-12-24-3)17(22)13-7-4-5-8-14(13)21(2)18(23)15-9-10-16(19)25-15/h4-5,7-10H,6,11-12H2,1-3H3. The Labute approximate surface area is 155 Å². The van der Waals surface area contributed by atoms with Crippen LogP contribution in [0.3, 0.4) is 0 Å². The second kappa shape index (κ2) is 8.82. The Morgan fingerprint density at radius 3 is 2.48 bits per heavy atom. The lowest BCUT2D eigenvalue weighted by Crippen LogP contribution is -2.32. The van der Waals surface area contributed by atoms with Crippen molar-refractivity contribution in [1.29, 1.82) is 0 Å². The molecule has 0 radical (unpaired) electrons. The lowest BCUT2D eigenvalue weighted by molar-refractivity contribution is 0.0780. The van der Waals surface area contributed by atoms with Crippen LogP contribution in [0, 0.1) is 0 Å². The fourth-order valence-corrected chi connectivity index (χ4v) is 2.71. The van der Waals surface area contributed by atoms with Gasteiger partial charge in [-0.1, -0.05) is 12.1 Å². The monoisotopic (exact) mass is 408 g/mol. The maximum Gasteiger partial charge on any atom is 0.293 e. The average Bonchev–Trinajstić information content (AvgIpc) is 3.06. The van der Waals surface area contributed by atoms with Gasteiger partial charge < -0.3 is 19.0 Å². The summed E-state index contributed by atoms with van der Waals surface area (Å²) < 4.78 is 10.8. The molecule has 0 aliphatic carbocycles. The number of halogens is 1. The Morgan fingerprint density at radius 1 is 1.12 bits per heavy atom. The highest BCUT2D eigenvalue weighted by Gasteiger charge is 2.23. The van der Waals surface area contributed by atoms with Crippen LogP contribution in [-0.4, -0.2) is 51.1 Å². The lowest BCUT2D eigenvalue weighted by atomic mass is 10.1. The van der Waals surface area contributed by atoms with Crippen molar-refractivity contribution in [2.75, 3.05) is 39.3 Å². The molecular formula is C18H21BrN2O4. The van der Waals surface area contributed by atoms with Gasteiger partial charge in [-0.25, -0.2) is 0 Å². The second-order valence-electron chi connectivity index (χ2n) is 5.56. The molecule has 1 aromatic heterocycles. The Kier molecular flexibility index (Phi) is 6.78. The Hall–Kier alpha value is -2.12. The van der Waals surface area contributed by atoms with Crippen LogP contribution in [0.25, 0.3) is 0 Å². The summed E-state index contributed by atoms with van der Waals surface area (Å²) in [6.07, 6.45) is 0.746. The summed E-state index contributed by atoms with van der Waals surface area (Å²) in [5, 5.41) is 0. The zero-order chi connectivity index (χ0) is 18.4. The minimum atomic E-state index is -0.326. The Bertz CT molecular complexity index is 744. The summed E-state index contributed by atoms with van der Waals surface area (Å²) in [5.74, 6) is -0.273. The zero-order valence-corrected chi connectivity index (χ0v) is 16.1. The van der Waals surface area contributed by atoms with E-state index in [1.165, 1.54) is 4.90 Å². The van der Waals surface area contributed by atoms with Gasteiger partial charge in [0.1, 0.15) is 0 Å². The molecule has 134 valence electrons. The molecule has 1 heterocycles. The van der Waals surface area contributed by atoms with Gasteiger partial charge in [0.15, 0.2) is 10.4 Å². The van der Waals surface area contributed by atoms with Crippen LogP contribution in [0.5, 0.6) is 0 Å². The SMILES string of the molecule is COCCCN(C)C(=O)c1ccccc1N(C)C(=O)c1ccc(Br)o1. The van der Waals surface area contributed by atoms with Crippen LogP contribution in [0.4, 0.5) is 5.69 Å². The van der Waals surface area contributed by atoms with Gasteiger partial charge in [0.25, 0.3) is 11.8 Å². The number of rotatable bonds is 7. The molecule has 0 saturated heterocycles. The molecule has 0 bridgehead atoms. The van der Waals surface area contributed by atoms with E-state index in [0.29, 0.717) is 29.1 Å². The van der Waals surface area contributed by atoms with Crippen molar-refractivity contribution >= 4 is 33.4 Å². The van der Waals surface area contributed by atoms with E-state index in [9.17, 15) is 9.59 Å². The van der Waals surface area contributed by atoms with Gasteiger partial charge in [0.05, 0.1) is 11.3 Å². The molecule has 1 aromatic carbocycles. The third-order valence-corrected chi connectivity index (χ3v) is 4.20. The summed E-state index contributed by atoms with van der Waals surface area (Å²) in [4.78, 5) is 28.4. The van der Waals surface area contributed by atoms with Gasteiger partial charge >= 0.3 is 0 Å². The third-order valence-electron chi connectivity index (χ3n) is 3.77. The number of para-hydroxylation sites is 1. The lowest BCUT2D eigenvalue weighted by Gasteiger charge is -2.23. The van der Waals surface area contributed by atoms with E-state index in [0.717, 1.165) is 6.42 Å². The molecule has 0 saturated carbocycles. The van der Waals surface area contributed by atoms with Crippen LogP contribution in [0.2, 0.25) is 0 Å². The number of hydrogen-bond donors (Lipinski definition) is 0. The Morgan fingerprint density at radius 2 is 1.84 bits per heavy atom. The predicted molar refractivity (Wildman–Crippen MR) is 99.0 cm³/mol. The fourth-order valence-electron chi connectivity index (χ4n) is 2.40. The van der Waals surface area contributed by atoms with E-state index in [4.69, 9.17) is 9.15 Å². The highest BCUT2D eigenvalue weighted by Crippen LogP contribution is 2.24. The van der Waals surface area contributed by atoms with E-state index in [1.54, 1.807) is 62.5 Å². The first-order valence-corrected chi connectivity index (χ1v) is 8.61. The molecule has 0 fully saturated rings. The maximum atomic E-state index is 12.7. The van der Waals surface area contributed by atoms with Gasteiger partial charge in [-0.3, -0.25) is 9.59 Å². The highest BCUT2D eigenvalue weighted by molar-refractivity contribution is 9.10. The van der Waals surface area contributed by atoms with E-state index in [-0.39, 0.29) is 17.6 Å². The number of methoxy groups -OCH3 is 1. The molecule has 0 aliphatic rings. The van der Waals surface area contributed by atoms with E-state index in [2.05, 4.69) is 15.9 Å². The van der Waals surface area contributed by atoms with Crippen LogP contribution in [0.1, 0.15) is 27.3 Å². The molecule has 6 nitrogen and oxygen atoms in total.